The predicted octanol–water partition coefficient (Wildman–Crippen LogP) is -1.64. The van der Waals surface area contributed by atoms with Crippen molar-refractivity contribution in [2.45, 2.75) is 24.7 Å². The van der Waals surface area contributed by atoms with Crippen LogP contribution < -0.4 is 11.9 Å². The molecular weight excluding hydrogens is 345 g/mol. The summed E-state index contributed by atoms with van der Waals surface area (Å²) in [5, 5.41) is 28.0. The second kappa shape index (κ2) is 6.64. The maximum Gasteiger partial charge on any atom is 0.469 e. The summed E-state index contributed by atoms with van der Waals surface area (Å²) in [4.78, 5) is 25.3. The van der Waals surface area contributed by atoms with Crippen molar-refractivity contribution in [3.8, 4) is 0 Å². The molecule has 134 valence electrons. The number of aromatic nitrogens is 5. The molecule has 0 amide bonds. The molecule has 14 heteroatoms. The fourth-order valence-electron chi connectivity index (χ4n) is 2.70. The van der Waals surface area contributed by atoms with Crippen LogP contribution in [0.1, 0.15) is 12.5 Å². The lowest BCUT2D eigenvalue weighted by Crippen LogP contribution is -2.31. The van der Waals surface area contributed by atoms with E-state index in [2.05, 4.69) is 24.8 Å². The van der Waals surface area contributed by atoms with Gasteiger partial charge in [0, 0.05) is 5.92 Å². The Labute approximate surface area is 135 Å². The molecule has 1 aliphatic carbocycles. The zero-order valence-corrected chi connectivity index (χ0v) is 13.3. The zero-order valence-electron chi connectivity index (χ0n) is 12.4. The summed E-state index contributed by atoms with van der Waals surface area (Å²) in [6.45, 7) is -0.400. The van der Waals surface area contributed by atoms with Crippen LogP contribution >= 0.6 is 7.82 Å². The molecule has 4 atom stereocenters. The summed E-state index contributed by atoms with van der Waals surface area (Å²) in [5.74, 6) is -0.545. The summed E-state index contributed by atoms with van der Waals surface area (Å²) >= 11 is 0. The number of hydrogen-bond acceptors (Lipinski definition) is 10. The molecule has 3 rings (SSSR count). The maximum absolute atomic E-state index is 10.8. The van der Waals surface area contributed by atoms with Gasteiger partial charge in [0.25, 0.3) is 0 Å². The molecule has 2 aromatic heterocycles. The van der Waals surface area contributed by atoms with Crippen molar-refractivity contribution in [3.63, 3.8) is 0 Å². The van der Waals surface area contributed by atoms with E-state index in [0.29, 0.717) is 5.65 Å². The Balaban J connectivity index is 0.00000208. The number of rotatable bonds is 4. The van der Waals surface area contributed by atoms with Gasteiger partial charge in [0.1, 0.15) is 12.4 Å². The van der Waals surface area contributed by atoms with Gasteiger partial charge >= 0.3 is 7.82 Å². The molecule has 24 heavy (non-hydrogen) atoms. The van der Waals surface area contributed by atoms with Gasteiger partial charge in [-0.05, 0) is 6.42 Å². The second-order valence-electron chi connectivity index (χ2n) is 5.30. The third-order valence-corrected chi connectivity index (χ3v) is 4.32. The standard InChI is InChI=1S/C10H15N6O6P.H3N/c11-9-6-10(13-3-12-9)16(15-14-6)5-1-4(7(17)8(5)18)2-22-23(19,20)21;/h3-5,7-8,17-18H,1-2H2,(H2,11,12,13)(H2,19,20,21);1H3. The topological polar surface area (TPSA) is 225 Å². The molecule has 2 heterocycles. The van der Waals surface area contributed by atoms with Crippen LogP contribution in [0.15, 0.2) is 6.33 Å². The average molecular weight is 363 g/mol. The Morgan fingerprint density at radius 1 is 1.33 bits per heavy atom. The summed E-state index contributed by atoms with van der Waals surface area (Å²) in [7, 11) is -4.65. The van der Waals surface area contributed by atoms with Crippen LogP contribution in [0.5, 0.6) is 0 Å². The smallest absolute Gasteiger partial charge is 0.390 e. The molecule has 4 unspecified atom stereocenters. The van der Waals surface area contributed by atoms with Crippen molar-refractivity contribution in [2.75, 3.05) is 12.3 Å². The molecule has 0 bridgehead atoms. The van der Waals surface area contributed by atoms with Crippen molar-refractivity contribution in [2.24, 2.45) is 5.92 Å². The molecule has 13 nitrogen and oxygen atoms in total. The molecule has 0 spiro atoms. The van der Waals surface area contributed by atoms with Crippen LogP contribution in [-0.4, -0.2) is 63.8 Å². The lowest BCUT2D eigenvalue weighted by Gasteiger charge is -2.17. The van der Waals surface area contributed by atoms with Gasteiger partial charge in [0.05, 0.1) is 18.8 Å². The summed E-state index contributed by atoms with van der Waals surface area (Å²) in [5.41, 5.74) is 6.23. The highest BCUT2D eigenvalue weighted by Crippen LogP contribution is 2.41. The number of aliphatic hydroxyl groups is 2. The van der Waals surface area contributed by atoms with Gasteiger partial charge in [0.2, 0.25) is 0 Å². The summed E-state index contributed by atoms with van der Waals surface area (Å²) in [6.07, 6.45) is -1.06. The minimum Gasteiger partial charge on any atom is -0.390 e. The van der Waals surface area contributed by atoms with Gasteiger partial charge in [0.15, 0.2) is 17.0 Å². The Hall–Kier alpha value is -1.73. The molecule has 9 N–H and O–H groups in total. The first kappa shape index (κ1) is 18.6. The number of anilines is 1. The van der Waals surface area contributed by atoms with E-state index in [0.717, 1.165) is 0 Å². The highest BCUT2D eigenvalue weighted by molar-refractivity contribution is 7.46. The molecule has 0 radical (unpaired) electrons. The van der Waals surface area contributed by atoms with Crippen molar-refractivity contribution in [1.29, 1.82) is 0 Å². The van der Waals surface area contributed by atoms with Crippen LogP contribution in [0.4, 0.5) is 5.82 Å². The summed E-state index contributed by atoms with van der Waals surface area (Å²) in [6, 6.07) is -0.685. The Kier molecular flexibility index (Phi) is 5.15. The molecule has 1 fully saturated rings. The van der Waals surface area contributed by atoms with E-state index in [1.807, 2.05) is 0 Å². The van der Waals surface area contributed by atoms with Crippen molar-refractivity contribution >= 4 is 24.8 Å². The van der Waals surface area contributed by atoms with Crippen molar-refractivity contribution in [1.82, 2.24) is 31.1 Å². The molecule has 0 saturated heterocycles. The molecular formula is C10H18N7O6P. The number of phosphoric acid groups is 1. The minimum atomic E-state index is -4.65. The first-order chi connectivity index (χ1) is 10.8. The van der Waals surface area contributed by atoms with Gasteiger partial charge in [-0.1, -0.05) is 5.21 Å². The number of nitrogens with two attached hydrogens (primary N) is 1. The third-order valence-electron chi connectivity index (χ3n) is 3.83. The Bertz CT molecular complexity index is 765. The van der Waals surface area contributed by atoms with E-state index in [1.54, 1.807) is 0 Å². The zero-order chi connectivity index (χ0) is 16.8. The number of hydrogen-bond donors (Lipinski definition) is 6. The summed E-state index contributed by atoms with van der Waals surface area (Å²) < 4.78 is 16.5. The van der Waals surface area contributed by atoms with Crippen molar-refractivity contribution < 1.29 is 29.1 Å². The van der Waals surface area contributed by atoms with Gasteiger partial charge < -0.3 is 31.9 Å². The van der Waals surface area contributed by atoms with Gasteiger partial charge in [-0.2, -0.15) is 0 Å². The van der Waals surface area contributed by atoms with E-state index in [9.17, 15) is 14.8 Å². The predicted molar refractivity (Wildman–Crippen MR) is 79.7 cm³/mol. The van der Waals surface area contributed by atoms with Crippen LogP contribution in [-0.2, 0) is 9.09 Å². The quantitative estimate of drug-likeness (QED) is 0.336. The van der Waals surface area contributed by atoms with Crippen molar-refractivity contribution in [3.05, 3.63) is 6.33 Å². The first-order valence-electron chi connectivity index (χ1n) is 6.65. The maximum atomic E-state index is 10.8. The van der Waals surface area contributed by atoms with Gasteiger partial charge in [-0.25, -0.2) is 19.2 Å². The monoisotopic (exact) mass is 363 g/mol. The fraction of sp³-hybridized carbons (Fsp3) is 0.600. The van der Waals surface area contributed by atoms with E-state index < -0.39 is 38.6 Å². The lowest BCUT2D eigenvalue weighted by molar-refractivity contribution is -0.00514. The molecule has 2 aromatic rings. The average Bonchev–Trinajstić information content (AvgIpc) is 3.01. The minimum absolute atomic E-state index is 0. The van der Waals surface area contributed by atoms with E-state index >= 15 is 0 Å². The van der Waals surface area contributed by atoms with E-state index in [-0.39, 0.29) is 23.9 Å². The number of aliphatic hydroxyl groups excluding tert-OH is 2. The molecule has 1 aliphatic rings. The van der Waals surface area contributed by atoms with Gasteiger partial charge in [-0.3, -0.25) is 4.52 Å². The molecule has 0 aromatic carbocycles. The highest BCUT2D eigenvalue weighted by Gasteiger charge is 2.44. The van der Waals surface area contributed by atoms with Crippen LogP contribution in [0.3, 0.4) is 0 Å². The third kappa shape index (κ3) is 3.37. The van der Waals surface area contributed by atoms with Crippen LogP contribution in [0.25, 0.3) is 11.2 Å². The molecule has 0 aliphatic heterocycles. The SMILES string of the molecule is N.Nc1ncnc2c1nnn2C1CC(COP(=O)(O)O)C(O)C1O. The number of nitrogen functional groups attached to an aromatic ring is 1. The number of fused-ring (bicyclic) bond motifs is 1. The van der Waals surface area contributed by atoms with Crippen LogP contribution in [0, 0.1) is 5.92 Å². The van der Waals surface area contributed by atoms with Gasteiger partial charge in [-0.15, -0.1) is 5.10 Å². The van der Waals surface area contributed by atoms with Crippen LogP contribution in [0.2, 0.25) is 0 Å². The Morgan fingerprint density at radius 3 is 2.71 bits per heavy atom. The van der Waals surface area contributed by atoms with E-state index in [1.165, 1.54) is 11.0 Å². The largest absolute Gasteiger partial charge is 0.469 e. The number of phosphoric ester groups is 1. The second-order valence-corrected chi connectivity index (χ2v) is 6.54. The lowest BCUT2D eigenvalue weighted by atomic mass is 10.1. The van der Waals surface area contributed by atoms with E-state index in [4.69, 9.17) is 15.5 Å². The first-order valence-corrected chi connectivity index (χ1v) is 8.18. The Morgan fingerprint density at radius 2 is 2.04 bits per heavy atom. The normalized spacial score (nSPS) is 27.3. The fourth-order valence-corrected chi connectivity index (χ4v) is 3.09. The molecule has 1 saturated carbocycles. The number of nitrogens with zero attached hydrogens (tertiary/aromatic N) is 5. The highest BCUT2D eigenvalue weighted by atomic mass is 31.2.